The number of methoxy groups -OCH3 is 2. The highest BCUT2D eigenvalue weighted by Gasteiger charge is 2.13. The molecule has 1 rings (SSSR count). The van der Waals surface area contributed by atoms with Crippen LogP contribution in [-0.2, 0) is 0 Å². The van der Waals surface area contributed by atoms with E-state index in [-0.39, 0.29) is 16.5 Å². The first kappa shape index (κ1) is 15.0. The van der Waals surface area contributed by atoms with Crippen LogP contribution in [0.5, 0.6) is 11.5 Å². The van der Waals surface area contributed by atoms with Crippen LogP contribution in [0.25, 0.3) is 6.08 Å². The van der Waals surface area contributed by atoms with Gasteiger partial charge in [0.25, 0.3) is 0 Å². The Morgan fingerprint density at radius 2 is 1.95 bits per heavy atom. The highest BCUT2D eigenvalue weighted by atomic mass is 16.6. The Balaban J connectivity index is 3.10. The van der Waals surface area contributed by atoms with Gasteiger partial charge in [0.1, 0.15) is 0 Å². The van der Waals surface area contributed by atoms with Crippen LogP contribution in [0.15, 0.2) is 23.9 Å². The number of benzene rings is 1. The maximum atomic E-state index is 11.0. The van der Waals surface area contributed by atoms with Crippen LogP contribution in [0.3, 0.4) is 0 Å². The first-order valence-electron chi connectivity index (χ1n) is 6.05. The first-order valence-corrected chi connectivity index (χ1v) is 6.05. The van der Waals surface area contributed by atoms with Gasteiger partial charge >= 0.3 is 0 Å². The van der Waals surface area contributed by atoms with E-state index in [0.29, 0.717) is 17.9 Å². The van der Waals surface area contributed by atoms with Gasteiger partial charge in [-0.1, -0.05) is 19.9 Å². The van der Waals surface area contributed by atoms with E-state index < -0.39 is 0 Å². The summed E-state index contributed by atoms with van der Waals surface area (Å²) in [6.45, 7) is 3.90. The molecule has 1 aromatic carbocycles. The van der Waals surface area contributed by atoms with Gasteiger partial charge in [-0.15, -0.1) is 0 Å². The molecule has 0 amide bonds. The molecule has 5 nitrogen and oxygen atoms in total. The van der Waals surface area contributed by atoms with Crippen molar-refractivity contribution in [3.63, 3.8) is 0 Å². The minimum absolute atomic E-state index is 0.196. The molecule has 0 spiro atoms. The Hall–Kier alpha value is -2.04. The van der Waals surface area contributed by atoms with Crippen molar-refractivity contribution in [3.8, 4) is 11.5 Å². The van der Waals surface area contributed by atoms with E-state index in [1.165, 1.54) is 7.11 Å². The zero-order valence-electron chi connectivity index (χ0n) is 11.7. The van der Waals surface area contributed by atoms with E-state index >= 15 is 0 Å². The Bertz CT molecular complexity index is 480. The summed E-state index contributed by atoms with van der Waals surface area (Å²) >= 11 is 0. The average Bonchev–Trinajstić information content (AvgIpc) is 2.37. The maximum Gasteiger partial charge on any atom is 0.247 e. The molecule has 5 heteroatoms. The molecule has 0 saturated carbocycles. The lowest BCUT2D eigenvalue weighted by atomic mass is 10.1. The first-order chi connectivity index (χ1) is 8.97. The van der Waals surface area contributed by atoms with Crippen molar-refractivity contribution >= 4 is 6.08 Å². The topological polar surface area (TPSA) is 61.6 Å². The molecule has 1 aromatic rings. The monoisotopic (exact) mass is 265 g/mol. The highest BCUT2D eigenvalue weighted by molar-refractivity contribution is 5.57. The molecule has 0 aliphatic rings. The number of rotatable bonds is 6. The van der Waals surface area contributed by atoms with Crippen molar-refractivity contribution in [3.05, 3.63) is 39.6 Å². The van der Waals surface area contributed by atoms with Crippen LogP contribution in [0, 0.1) is 16.0 Å². The summed E-state index contributed by atoms with van der Waals surface area (Å²) < 4.78 is 10.3. The molecule has 0 bridgehead atoms. The van der Waals surface area contributed by atoms with Crippen molar-refractivity contribution in [2.45, 2.75) is 20.3 Å². The summed E-state index contributed by atoms with van der Waals surface area (Å²) in [6, 6.07) is 5.23. The fourth-order valence-corrected chi connectivity index (χ4v) is 1.74. The molecule has 0 aromatic heterocycles. The van der Waals surface area contributed by atoms with Gasteiger partial charge in [-0.25, -0.2) is 0 Å². The van der Waals surface area contributed by atoms with E-state index in [9.17, 15) is 10.1 Å². The molecule has 0 atom stereocenters. The van der Waals surface area contributed by atoms with E-state index in [4.69, 9.17) is 9.47 Å². The van der Waals surface area contributed by atoms with Crippen LogP contribution < -0.4 is 9.47 Å². The van der Waals surface area contributed by atoms with Gasteiger partial charge in [0.15, 0.2) is 11.5 Å². The van der Waals surface area contributed by atoms with Gasteiger partial charge < -0.3 is 9.47 Å². The third-order valence-electron chi connectivity index (χ3n) is 2.59. The normalized spacial score (nSPS) is 11.5. The van der Waals surface area contributed by atoms with E-state index in [2.05, 4.69) is 0 Å². The minimum Gasteiger partial charge on any atom is -0.493 e. The SMILES string of the molecule is COc1ccc(C=C(CC(C)C)[N+](=O)[O-])cc1OC. The third kappa shape index (κ3) is 4.28. The smallest absolute Gasteiger partial charge is 0.247 e. The van der Waals surface area contributed by atoms with Gasteiger partial charge in [0.05, 0.1) is 19.1 Å². The highest BCUT2D eigenvalue weighted by Crippen LogP contribution is 2.29. The quantitative estimate of drug-likeness (QED) is 0.584. The lowest BCUT2D eigenvalue weighted by Gasteiger charge is -2.08. The molecule has 0 aliphatic heterocycles. The summed E-state index contributed by atoms with van der Waals surface area (Å²) in [6.07, 6.45) is 2.00. The average molecular weight is 265 g/mol. The van der Waals surface area contributed by atoms with Crippen LogP contribution in [0.2, 0.25) is 0 Å². The molecule has 0 saturated heterocycles. The third-order valence-corrected chi connectivity index (χ3v) is 2.59. The Morgan fingerprint density at radius 1 is 1.32 bits per heavy atom. The summed E-state index contributed by atoms with van der Waals surface area (Å²) in [5, 5.41) is 11.0. The van der Waals surface area contributed by atoms with Crippen LogP contribution in [-0.4, -0.2) is 19.1 Å². The fourth-order valence-electron chi connectivity index (χ4n) is 1.74. The molecule has 0 heterocycles. The number of nitrogens with zero attached hydrogens (tertiary/aromatic N) is 1. The van der Waals surface area contributed by atoms with Crippen molar-refractivity contribution in [2.75, 3.05) is 14.2 Å². The number of nitro groups is 1. The van der Waals surface area contributed by atoms with Gasteiger partial charge in [-0.05, 0) is 23.6 Å². The molecule has 104 valence electrons. The lowest BCUT2D eigenvalue weighted by molar-refractivity contribution is -0.427. The molecule has 0 N–H and O–H groups in total. The van der Waals surface area contributed by atoms with Crippen molar-refractivity contribution in [2.24, 2.45) is 5.92 Å². The fraction of sp³-hybridized carbons (Fsp3) is 0.429. The van der Waals surface area contributed by atoms with Gasteiger partial charge in [0, 0.05) is 12.5 Å². The second-order valence-corrected chi connectivity index (χ2v) is 4.61. The molecular formula is C14H19NO4. The predicted octanol–water partition coefficient (Wildman–Crippen LogP) is 3.37. The van der Waals surface area contributed by atoms with Crippen LogP contribution in [0.4, 0.5) is 0 Å². The van der Waals surface area contributed by atoms with Gasteiger partial charge in [-0.2, -0.15) is 0 Å². The second-order valence-electron chi connectivity index (χ2n) is 4.61. The maximum absolute atomic E-state index is 11.0. The van der Waals surface area contributed by atoms with Gasteiger partial charge in [-0.3, -0.25) is 10.1 Å². The molecule has 0 radical (unpaired) electrons. The molecular weight excluding hydrogens is 246 g/mol. The zero-order valence-corrected chi connectivity index (χ0v) is 11.7. The van der Waals surface area contributed by atoms with Crippen LogP contribution in [0.1, 0.15) is 25.8 Å². The largest absolute Gasteiger partial charge is 0.493 e. The van der Waals surface area contributed by atoms with Crippen molar-refractivity contribution in [1.82, 2.24) is 0 Å². The predicted molar refractivity (Wildman–Crippen MR) is 74.0 cm³/mol. The van der Waals surface area contributed by atoms with E-state index in [0.717, 1.165) is 5.56 Å². The lowest BCUT2D eigenvalue weighted by Crippen LogP contribution is -2.02. The second kappa shape index (κ2) is 6.78. The van der Waals surface area contributed by atoms with E-state index in [1.807, 2.05) is 13.8 Å². The number of hydrogen-bond donors (Lipinski definition) is 0. The Morgan fingerprint density at radius 3 is 2.42 bits per heavy atom. The molecule has 0 unspecified atom stereocenters. The van der Waals surface area contributed by atoms with Crippen molar-refractivity contribution in [1.29, 1.82) is 0 Å². The number of ether oxygens (including phenoxy) is 2. The Labute approximate surface area is 113 Å². The summed E-state index contributed by atoms with van der Waals surface area (Å²) in [5.41, 5.74) is 0.923. The number of hydrogen-bond acceptors (Lipinski definition) is 4. The van der Waals surface area contributed by atoms with Crippen molar-refractivity contribution < 1.29 is 14.4 Å². The van der Waals surface area contributed by atoms with Gasteiger partial charge in [0.2, 0.25) is 5.70 Å². The van der Waals surface area contributed by atoms with E-state index in [1.54, 1.807) is 31.4 Å². The molecule has 19 heavy (non-hydrogen) atoms. The van der Waals surface area contributed by atoms with Crippen LogP contribution >= 0.6 is 0 Å². The standard InChI is InChI=1S/C14H19NO4/c1-10(2)7-12(15(16)17)8-11-5-6-13(18-3)14(9-11)19-4/h5-6,8-10H,7H2,1-4H3. The number of allylic oxidation sites excluding steroid dienone is 1. The summed E-state index contributed by atoms with van der Waals surface area (Å²) in [7, 11) is 3.09. The molecule has 0 fully saturated rings. The Kier molecular flexibility index (Phi) is 5.36. The minimum atomic E-state index is -0.337. The summed E-state index contributed by atoms with van der Waals surface area (Å²) in [4.78, 5) is 10.7. The summed E-state index contributed by atoms with van der Waals surface area (Å²) in [5.74, 6) is 1.39. The molecule has 0 aliphatic carbocycles. The zero-order chi connectivity index (χ0) is 14.4.